The fourth-order valence-corrected chi connectivity index (χ4v) is 4.24. The Morgan fingerprint density at radius 1 is 1.17 bits per heavy atom. The number of piperidine rings is 1. The van der Waals surface area contributed by atoms with Gasteiger partial charge in [0.05, 0.1) is 0 Å². The summed E-state index contributed by atoms with van der Waals surface area (Å²) >= 11 is 0. The van der Waals surface area contributed by atoms with Crippen molar-refractivity contribution in [2.45, 2.75) is 83.2 Å². The molecule has 2 rings (SSSR count). The van der Waals surface area contributed by atoms with Crippen molar-refractivity contribution in [2.24, 2.45) is 11.7 Å². The van der Waals surface area contributed by atoms with E-state index in [4.69, 9.17) is 5.73 Å². The Bertz CT molecular complexity index is 253. The van der Waals surface area contributed by atoms with Gasteiger partial charge in [0.1, 0.15) is 0 Å². The lowest BCUT2D eigenvalue weighted by molar-refractivity contribution is 0.00749. The van der Waals surface area contributed by atoms with Crippen LogP contribution in [0.5, 0.6) is 0 Å². The van der Waals surface area contributed by atoms with E-state index >= 15 is 0 Å². The number of nitrogens with zero attached hydrogens (tertiary/aromatic N) is 1. The Balaban J connectivity index is 2.00. The largest absolute Gasteiger partial charge is 0.329 e. The Kier molecular flexibility index (Phi) is 5.08. The lowest BCUT2D eigenvalue weighted by Gasteiger charge is -2.49. The van der Waals surface area contributed by atoms with Gasteiger partial charge >= 0.3 is 0 Å². The predicted molar refractivity (Wildman–Crippen MR) is 78.7 cm³/mol. The molecule has 2 N–H and O–H groups in total. The Morgan fingerprint density at radius 2 is 1.94 bits per heavy atom. The van der Waals surface area contributed by atoms with Gasteiger partial charge in [-0.25, -0.2) is 0 Å². The summed E-state index contributed by atoms with van der Waals surface area (Å²) in [6.45, 7) is 6.83. The first-order valence-electron chi connectivity index (χ1n) is 8.18. The number of hydrogen-bond donors (Lipinski definition) is 1. The maximum absolute atomic E-state index is 6.16. The second-order valence-electron chi connectivity index (χ2n) is 6.75. The molecule has 0 radical (unpaired) electrons. The molecule has 3 atom stereocenters. The van der Waals surface area contributed by atoms with E-state index in [9.17, 15) is 0 Å². The maximum Gasteiger partial charge on any atom is 0.0306 e. The highest BCUT2D eigenvalue weighted by atomic mass is 15.2. The highest BCUT2D eigenvalue weighted by molar-refractivity contribution is 4.98. The molecule has 0 aromatic rings. The minimum atomic E-state index is 0.267. The zero-order chi connectivity index (χ0) is 13.0. The summed E-state index contributed by atoms with van der Waals surface area (Å²) in [4.78, 5) is 2.81. The fraction of sp³-hybridized carbons (Fsp3) is 1.00. The molecule has 18 heavy (non-hydrogen) atoms. The molecule has 2 heteroatoms. The molecule has 2 fully saturated rings. The van der Waals surface area contributed by atoms with Crippen molar-refractivity contribution >= 4 is 0 Å². The molecular formula is C16H32N2. The van der Waals surface area contributed by atoms with Crippen molar-refractivity contribution in [3.63, 3.8) is 0 Å². The third-order valence-electron chi connectivity index (χ3n) is 5.45. The van der Waals surface area contributed by atoms with Crippen molar-refractivity contribution in [3.05, 3.63) is 0 Å². The number of likely N-dealkylation sites (tertiary alicyclic amines) is 1. The molecule has 1 saturated heterocycles. The van der Waals surface area contributed by atoms with Gasteiger partial charge in [0, 0.05) is 18.1 Å². The molecule has 1 aliphatic heterocycles. The average Bonchev–Trinajstić information content (AvgIpc) is 2.86. The lowest BCUT2D eigenvalue weighted by atomic mass is 9.84. The molecule has 0 spiro atoms. The van der Waals surface area contributed by atoms with Crippen LogP contribution in [-0.2, 0) is 0 Å². The van der Waals surface area contributed by atoms with E-state index in [0.29, 0.717) is 0 Å². The number of nitrogens with two attached hydrogens (primary N) is 1. The van der Waals surface area contributed by atoms with Crippen LogP contribution in [-0.4, -0.2) is 29.6 Å². The minimum Gasteiger partial charge on any atom is -0.329 e. The van der Waals surface area contributed by atoms with Gasteiger partial charge in [0.25, 0.3) is 0 Å². The summed E-state index contributed by atoms with van der Waals surface area (Å²) in [5.41, 5.74) is 6.43. The van der Waals surface area contributed by atoms with Crippen LogP contribution in [0.25, 0.3) is 0 Å². The van der Waals surface area contributed by atoms with E-state index in [1.54, 1.807) is 0 Å². The van der Waals surface area contributed by atoms with Crippen LogP contribution in [0.4, 0.5) is 0 Å². The standard InChI is InChI=1S/C16H32N2/c1-3-4-5-11-16(2,13-17)18-12-7-9-14-8-6-10-15(14)18/h14-15H,3-13,17H2,1-2H3. The third-order valence-corrected chi connectivity index (χ3v) is 5.45. The van der Waals surface area contributed by atoms with Gasteiger partial charge in [-0.15, -0.1) is 0 Å². The van der Waals surface area contributed by atoms with Gasteiger partial charge in [-0.05, 0) is 51.5 Å². The number of hydrogen-bond acceptors (Lipinski definition) is 2. The van der Waals surface area contributed by atoms with Crippen LogP contribution in [0, 0.1) is 5.92 Å². The zero-order valence-corrected chi connectivity index (χ0v) is 12.5. The van der Waals surface area contributed by atoms with E-state index in [2.05, 4.69) is 18.7 Å². The van der Waals surface area contributed by atoms with Crippen LogP contribution in [0.1, 0.15) is 71.6 Å². The summed E-state index contributed by atoms with van der Waals surface area (Å²) < 4.78 is 0. The van der Waals surface area contributed by atoms with Gasteiger partial charge in [-0.1, -0.05) is 32.6 Å². The normalized spacial score (nSPS) is 32.2. The quantitative estimate of drug-likeness (QED) is 0.733. The Labute approximate surface area is 113 Å². The molecule has 2 nitrogen and oxygen atoms in total. The zero-order valence-electron chi connectivity index (χ0n) is 12.5. The number of rotatable bonds is 6. The van der Waals surface area contributed by atoms with Gasteiger partial charge < -0.3 is 5.73 Å². The van der Waals surface area contributed by atoms with Crippen LogP contribution in [0.2, 0.25) is 0 Å². The first-order chi connectivity index (χ1) is 8.71. The highest BCUT2D eigenvalue weighted by Gasteiger charge is 2.42. The third kappa shape index (κ3) is 2.91. The molecule has 1 aliphatic carbocycles. The molecule has 0 aromatic heterocycles. The first kappa shape index (κ1) is 14.3. The van der Waals surface area contributed by atoms with Gasteiger partial charge in [0.2, 0.25) is 0 Å². The summed E-state index contributed by atoms with van der Waals surface area (Å²) in [5.74, 6) is 0.982. The maximum atomic E-state index is 6.16. The average molecular weight is 252 g/mol. The van der Waals surface area contributed by atoms with E-state index in [0.717, 1.165) is 18.5 Å². The molecule has 3 unspecified atom stereocenters. The predicted octanol–water partition coefficient (Wildman–Crippen LogP) is 3.55. The molecule has 0 bridgehead atoms. The van der Waals surface area contributed by atoms with Crippen LogP contribution < -0.4 is 5.73 Å². The number of fused-ring (bicyclic) bond motifs is 1. The fourth-order valence-electron chi connectivity index (χ4n) is 4.24. The molecule has 0 aromatic carbocycles. The van der Waals surface area contributed by atoms with Crippen LogP contribution in [0.3, 0.4) is 0 Å². The van der Waals surface area contributed by atoms with Gasteiger partial charge in [-0.3, -0.25) is 4.90 Å². The van der Waals surface area contributed by atoms with E-state index < -0.39 is 0 Å². The molecule has 0 amide bonds. The Hall–Kier alpha value is -0.0800. The second-order valence-corrected chi connectivity index (χ2v) is 6.75. The van der Waals surface area contributed by atoms with E-state index in [-0.39, 0.29) is 5.54 Å². The van der Waals surface area contributed by atoms with Gasteiger partial charge in [-0.2, -0.15) is 0 Å². The molecule has 1 saturated carbocycles. The summed E-state index contributed by atoms with van der Waals surface area (Å²) in [5, 5.41) is 0. The lowest BCUT2D eigenvalue weighted by Crippen LogP contribution is -2.58. The van der Waals surface area contributed by atoms with Crippen molar-refractivity contribution in [1.82, 2.24) is 4.90 Å². The first-order valence-corrected chi connectivity index (χ1v) is 8.18. The van der Waals surface area contributed by atoms with E-state index in [1.165, 1.54) is 64.3 Å². The molecule has 106 valence electrons. The number of unbranched alkanes of at least 4 members (excludes halogenated alkanes) is 2. The smallest absolute Gasteiger partial charge is 0.0306 e. The van der Waals surface area contributed by atoms with Crippen molar-refractivity contribution < 1.29 is 0 Å². The molecule has 1 heterocycles. The molecule has 2 aliphatic rings. The van der Waals surface area contributed by atoms with Crippen molar-refractivity contribution in [3.8, 4) is 0 Å². The summed E-state index contributed by atoms with van der Waals surface area (Å²) in [6, 6.07) is 0.855. The van der Waals surface area contributed by atoms with Crippen molar-refractivity contribution in [1.29, 1.82) is 0 Å². The highest BCUT2D eigenvalue weighted by Crippen LogP contribution is 2.41. The Morgan fingerprint density at radius 3 is 2.67 bits per heavy atom. The minimum absolute atomic E-state index is 0.267. The van der Waals surface area contributed by atoms with Crippen LogP contribution in [0.15, 0.2) is 0 Å². The summed E-state index contributed by atoms with van der Waals surface area (Å²) in [6.07, 6.45) is 12.5. The summed E-state index contributed by atoms with van der Waals surface area (Å²) in [7, 11) is 0. The second kappa shape index (κ2) is 6.38. The van der Waals surface area contributed by atoms with Gasteiger partial charge in [0.15, 0.2) is 0 Å². The van der Waals surface area contributed by atoms with Crippen LogP contribution >= 0.6 is 0 Å². The molecular weight excluding hydrogens is 220 g/mol. The van der Waals surface area contributed by atoms with Crippen molar-refractivity contribution in [2.75, 3.05) is 13.1 Å². The monoisotopic (exact) mass is 252 g/mol. The topological polar surface area (TPSA) is 29.3 Å². The van der Waals surface area contributed by atoms with E-state index in [1.807, 2.05) is 0 Å². The SMILES string of the molecule is CCCCCC(C)(CN)N1CCCC2CCCC21.